The van der Waals surface area contributed by atoms with Crippen LogP contribution in [0.3, 0.4) is 0 Å². The first-order valence-electron chi connectivity index (χ1n) is 6.26. The molecule has 0 bridgehead atoms. The number of carbonyl (C=O) groups is 1. The molecule has 4 N–H and O–H groups in total. The highest BCUT2D eigenvalue weighted by atomic mass is 32.2. The summed E-state index contributed by atoms with van der Waals surface area (Å²) < 4.78 is 43.0. The third-order valence-corrected chi connectivity index (χ3v) is 3.69. The number of hydrogen-bond acceptors (Lipinski definition) is 7. The molecular formula is C12H12F3N5O2S. The van der Waals surface area contributed by atoms with E-state index in [9.17, 15) is 18.0 Å². The largest absolute Gasteiger partial charge is 0.462 e. The molecule has 2 rings (SSSR count). The Kier molecular flexibility index (Phi) is 4.68. The number of nitrogens with zero attached hydrogens (tertiary/aromatic N) is 3. The van der Waals surface area contributed by atoms with Crippen molar-refractivity contribution in [2.45, 2.75) is 23.2 Å². The lowest BCUT2D eigenvalue weighted by Gasteiger charge is -2.08. The van der Waals surface area contributed by atoms with E-state index in [1.165, 1.54) is 18.2 Å². The first kappa shape index (κ1) is 16.9. The van der Waals surface area contributed by atoms with Gasteiger partial charge in [-0.1, -0.05) is 0 Å². The van der Waals surface area contributed by atoms with E-state index < -0.39 is 18.0 Å². The molecule has 1 aromatic heterocycles. The molecule has 0 aliphatic rings. The van der Waals surface area contributed by atoms with E-state index in [-0.39, 0.29) is 23.0 Å². The molecule has 0 amide bonds. The lowest BCUT2D eigenvalue weighted by Crippen LogP contribution is -2.21. The summed E-state index contributed by atoms with van der Waals surface area (Å²) in [4.78, 5) is 12.0. The fourth-order valence-corrected chi connectivity index (χ4v) is 2.40. The van der Waals surface area contributed by atoms with Gasteiger partial charge in [-0.2, -0.15) is 13.2 Å². The summed E-state index contributed by atoms with van der Waals surface area (Å²) >= 11 is 0.799. The molecule has 0 atom stereocenters. The number of alkyl halides is 3. The Labute approximate surface area is 132 Å². The van der Waals surface area contributed by atoms with Crippen LogP contribution in [0.2, 0.25) is 0 Å². The monoisotopic (exact) mass is 347 g/mol. The molecule has 0 spiro atoms. The van der Waals surface area contributed by atoms with E-state index in [1.54, 1.807) is 6.92 Å². The van der Waals surface area contributed by atoms with Crippen molar-refractivity contribution in [2.24, 2.45) is 0 Å². The molecule has 0 radical (unpaired) electrons. The van der Waals surface area contributed by atoms with Gasteiger partial charge in [0.2, 0.25) is 5.16 Å². The maximum absolute atomic E-state index is 12.6. The maximum Gasteiger partial charge on any atom is 0.453 e. The van der Waals surface area contributed by atoms with Crippen LogP contribution in [0.1, 0.15) is 23.1 Å². The number of halogens is 3. The number of carbonyl (C=O) groups excluding carboxylic acids is 1. The highest BCUT2D eigenvalue weighted by Crippen LogP contribution is 2.34. The first-order chi connectivity index (χ1) is 10.7. The molecular weight excluding hydrogens is 335 g/mol. The van der Waals surface area contributed by atoms with Gasteiger partial charge in [0.15, 0.2) is 0 Å². The second-order valence-corrected chi connectivity index (χ2v) is 5.26. The predicted molar refractivity (Wildman–Crippen MR) is 76.1 cm³/mol. The van der Waals surface area contributed by atoms with Crippen LogP contribution in [0.4, 0.5) is 18.9 Å². The van der Waals surface area contributed by atoms with E-state index in [0.29, 0.717) is 9.57 Å². The van der Waals surface area contributed by atoms with Crippen molar-refractivity contribution in [3.05, 3.63) is 29.6 Å². The van der Waals surface area contributed by atoms with Crippen LogP contribution in [0, 0.1) is 0 Å². The predicted octanol–water partition coefficient (Wildman–Crippen LogP) is 1.92. The number of nitrogens with two attached hydrogens (primary N) is 2. The second-order valence-electron chi connectivity index (χ2n) is 4.25. The zero-order valence-electron chi connectivity index (χ0n) is 11.8. The minimum atomic E-state index is -4.71. The summed E-state index contributed by atoms with van der Waals surface area (Å²) in [6.07, 6.45) is -4.71. The Morgan fingerprint density at radius 3 is 2.61 bits per heavy atom. The molecule has 1 aromatic carbocycles. The van der Waals surface area contributed by atoms with Gasteiger partial charge in [0, 0.05) is 10.6 Å². The number of nitrogen functional groups attached to an aromatic ring is 2. The van der Waals surface area contributed by atoms with E-state index in [4.69, 9.17) is 16.3 Å². The van der Waals surface area contributed by atoms with Crippen LogP contribution in [-0.4, -0.2) is 27.4 Å². The maximum atomic E-state index is 12.6. The molecule has 2 aromatic rings. The Morgan fingerprint density at radius 1 is 1.39 bits per heavy atom. The topological polar surface area (TPSA) is 109 Å². The number of rotatable bonds is 4. The highest BCUT2D eigenvalue weighted by molar-refractivity contribution is 7.99. The van der Waals surface area contributed by atoms with Crippen LogP contribution >= 0.6 is 11.8 Å². The average Bonchev–Trinajstić information content (AvgIpc) is 2.82. The zero-order chi connectivity index (χ0) is 17.2. The van der Waals surface area contributed by atoms with Crippen LogP contribution < -0.4 is 11.6 Å². The summed E-state index contributed by atoms with van der Waals surface area (Å²) in [6.45, 7) is 1.88. The third kappa shape index (κ3) is 3.67. The lowest BCUT2D eigenvalue weighted by molar-refractivity contribution is -0.146. The van der Waals surface area contributed by atoms with Gasteiger partial charge in [-0.15, -0.1) is 10.2 Å². The summed E-state index contributed by atoms with van der Waals surface area (Å²) in [5.41, 5.74) is 6.21. The van der Waals surface area contributed by atoms with Crippen LogP contribution in [0.5, 0.6) is 0 Å². The smallest absolute Gasteiger partial charge is 0.453 e. The SMILES string of the molecule is CCOC(=O)c1ccc(Sc2nnc(C(F)(F)F)n2N)c(N)c1. The molecule has 11 heteroatoms. The fraction of sp³-hybridized carbons (Fsp3) is 0.250. The molecule has 0 saturated carbocycles. The second kappa shape index (κ2) is 6.36. The average molecular weight is 347 g/mol. The Morgan fingerprint density at radius 2 is 2.09 bits per heavy atom. The van der Waals surface area contributed by atoms with E-state index >= 15 is 0 Å². The Hall–Kier alpha value is -2.43. The van der Waals surface area contributed by atoms with E-state index in [2.05, 4.69) is 10.2 Å². The molecule has 0 saturated heterocycles. The molecule has 23 heavy (non-hydrogen) atoms. The van der Waals surface area contributed by atoms with Gasteiger partial charge >= 0.3 is 12.1 Å². The van der Waals surface area contributed by atoms with Gasteiger partial charge in [0.05, 0.1) is 12.2 Å². The van der Waals surface area contributed by atoms with Gasteiger partial charge in [-0.25, -0.2) is 9.47 Å². The summed E-state index contributed by atoms with van der Waals surface area (Å²) in [5.74, 6) is 3.48. The van der Waals surface area contributed by atoms with E-state index in [1.807, 2.05) is 0 Å². The number of ether oxygens (including phenoxy) is 1. The van der Waals surface area contributed by atoms with Crippen molar-refractivity contribution >= 4 is 23.4 Å². The van der Waals surface area contributed by atoms with Crippen LogP contribution in [-0.2, 0) is 10.9 Å². The van der Waals surface area contributed by atoms with Gasteiger partial charge in [0.25, 0.3) is 5.82 Å². The Balaban J connectivity index is 2.25. The van der Waals surface area contributed by atoms with Gasteiger partial charge < -0.3 is 16.3 Å². The van der Waals surface area contributed by atoms with Crippen molar-refractivity contribution in [2.75, 3.05) is 18.2 Å². The number of benzene rings is 1. The van der Waals surface area contributed by atoms with Crippen LogP contribution in [0.15, 0.2) is 28.3 Å². The van der Waals surface area contributed by atoms with Crippen molar-refractivity contribution < 1.29 is 22.7 Å². The van der Waals surface area contributed by atoms with Crippen molar-refractivity contribution in [3.63, 3.8) is 0 Å². The molecule has 0 aliphatic carbocycles. The van der Waals surface area contributed by atoms with E-state index in [0.717, 1.165) is 11.8 Å². The quantitative estimate of drug-likeness (QED) is 0.494. The summed E-state index contributed by atoms with van der Waals surface area (Å²) in [7, 11) is 0. The summed E-state index contributed by atoms with van der Waals surface area (Å²) in [5, 5.41) is 6.21. The van der Waals surface area contributed by atoms with Crippen molar-refractivity contribution in [3.8, 4) is 0 Å². The van der Waals surface area contributed by atoms with Crippen LogP contribution in [0.25, 0.3) is 0 Å². The van der Waals surface area contributed by atoms with Gasteiger partial charge in [-0.3, -0.25) is 0 Å². The highest BCUT2D eigenvalue weighted by Gasteiger charge is 2.38. The number of aromatic nitrogens is 3. The normalized spacial score (nSPS) is 11.5. The Bertz CT molecular complexity index is 732. The lowest BCUT2D eigenvalue weighted by atomic mass is 10.2. The third-order valence-electron chi connectivity index (χ3n) is 2.64. The fourth-order valence-electron chi connectivity index (χ4n) is 1.62. The number of esters is 1. The molecule has 0 unspecified atom stereocenters. The van der Waals surface area contributed by atoms with Crippen molar-refractivity contribution in [1.29, 1.82) is 0 Å². The van der Waals surface area contributed by atoms with Crippen molar-refractivity contribution in [1.82, 2.24) is 14.9 Å². The zero-order valence-corrected chi connectivity index (χ0v) is 12.6. The summed E-state index contributed by atoms with van der Waals surface area (Å²) in [6, 6.07) is 4.27. The number of hydrogen-bond donors (Lipinski definition) is 2. The first-order valence-corrected chi connectivity index (χ1v) is 7.08. The standard InChI is InChI=1S/C12H12F3N5O2S/c1-2-22-9(21)6-3-4-8(7(16)5-6)23-11-19-18-10(20(11)17)12(13,14)15/h3-5H,2,16-17H2,1H3. The molecule has 124 valence electrons. The molecule has 1 heterocycles. The molecule has 7 nitrogen and oxygen atoms in total. The minimum Gasteiger partial charge on any atom is -0.462 e. The molecule has 0 aliphatic heterocycles. The van der Waals surface area contributed by atoms with Gasteiger partial charge in [0.1, 0.15) is 0 Å². The number of anilines is 1. The minimum absolute atomic E-state index is 0.178. The molecule has 0 fully saturated rings. The van der Waals surface area contributed by atoms with Gasteiger partial charge in [-0.05, 0) is 36.9 Å².